The number of nitrogens with one attached hydrogen (secondary N) is 1. The van der Waals surface area contributed by atoms with Crippen LogP contribution in [0.25, 0.3) is 0 Å². The van der Waals surface area contributed by atoms with E-state index in [-0.39, 0.29) is 0 Å². The third-order valence-electron chi connectivity index (χ3n) is 4.14. The van der Waals surface area contributed by atoms with E-state index < -0.39 is 0 Å². The molecule has 0 radical (unpaired) electrons. The Bertz CT molecular complexity index is 315. The molecule has 0 bridgehead atoms. The van der Waals surface area contributed by atoms with Crippen molar-refractivity contribution in [2.24, 2.45) is 5.92 Å². The van der Waals surface area contributed by atoms with Crippen LogP contribution in [0.2, 0.25) is 0 Å². The molecule has 1 saturated carbocycles. The van der Waals surface area contributed by atoms with Gasteiger partial charge in [0.2, 0.25) is 0 Å². The summed E-state index contributed by atoms with van der Waals surface area (Å²) >= 11 is 0. The molecule has 1 fully saturated rings. The predicted octanol–water partition coefficient (Wildman–Crippen LogP) is 3.57. The minimum atomic E-state index is 0.764. The van der Waals surface area contributed by atoms with Crippen LogP contribution >= 0.6 is 0 Å². The Morgan fingerprint density at radius 3 is 2.56 bits per heavy atom. The van der Waals surface area contributed by atoms with Crippen LogP contribution in [-0.4, -0.2) is 17.6 Å². The van der Waals surface area contributed by atoms with Crippen molar-refractivity contribution in [2.75, 3.05) is 6.54 Å². The zero-order valence-corrected chi connectivity index (χ0v) is 11.6. The molecule has 2 heteroatoms. The van der Waals surface area contributed by atoms with Crippen molar-refractivity contribution in [3.05, 3.63) is 30.1 Å². The molecule has 1 aliphatic carbocycles. The Balaban J connectivity index is 1.61. The van der Waals surface area contributed by atoms with Crippen LogP contribution in [0.15, 0.2) is 24.5 Å². The molecule has 0 saturated heterocycles. The zero-order valence-electron chi connectivity index (χ0n) is 11.6. The monoisotopic (exact) mass is 246 g/mol. The van der Waals surface area contributed by atoms with Gasteiger partial charge in [0.05, 0.1) is 0 Å². The van der Waals surface area contributed by atoms with Crippen molar-refractivity contribution in [3.63, 3.8) is 0 Å². The maximum absolute atomic E-state index is 4.05. The average molecular weight is 246 g/mol. The zero-order chi connectivity index (χ0) is 12.6. The number of rotatable bonds is 6. The summed E-state index contributed by atoms with van der Waals surface area (Å²) in [6.45, 7) is 3.41. The van der Waals surface area contributed by atoms with Gasteiger partial charge in [-0.05, 0) is 62.3 Å². The van der Waals surface area contributed by atoms with Crippen LogP contribution in [0.3, 0.4) is 0 Å². The van der Waals surface area contributed by atoms with E-state index in [9.17, 15) is 0 Å². The van der Waals surface area contributed by atoms with Crippen molar-refractivity contribution in [1.29, 1.82) is 0 Å². The first kappa shape index (κ1) is 13.5. The van der Waals surface area contributed by atoms with Crippen LogP contribution in [0.4, 0.5) is 0 Å². The number of hydrogen-bond acceptors (Lipinski definition) is 2. The Hall–Kier alpha value is -0.890. The van der Waals surface area contributed by atoms with Gasteiger partial charge in [0.1, 0.15) is 0 Å². The molecule has 0 aliphatic heterocycles. The summed E-state index contributed by atoms with van der Waals surface area (Å²) in [4.78, 5) is 4.05. The first-order valence-electron chi connectivity index (χ1n) is 7.50. The van der Waals surface area contributed by atoms with Crippen molar-refractivity contribution in [1.82, 2.24) is 10.3 Å². The molecule has 2 nitrogen and oxygen atoms in total. The third-order valence-corrected chi connectivity index (χ3v) is 4.14. The molecule has 0 atom stereocenters. The fourth-order valence-electron chi connectivity index (χ4n) is 3.03. The lowest BCUT2D eigenvalue weighted by atomic mass is 9.83. The average Bonchev–Trinajstić information content (AvgIpc) is 2.42. The number of hydrogen-bond donors (Lipinski definition) is 1. The van der Waals surface area contributed by atoms with E-state index in [1.165, 1.54) is 44.1 Å². The first-order chi connectivity index (χ1) is 8.88. The maximum atomic E-state index is 4.05. The van der Waals surface area contributed by atoms with Gasteiger partial charge in [0, 0.05) is 18.4 Å². The lowest BCUT2D eigenvalue weighted by Crippen LogP contribution is -2.34. The maximum Gasteiger partial charge on any atom is 0.0270 e. The van der Waals surface area contributed by atoms with Crippen molar-refractivity contribution in [2.45, 2.75) is 57.9 Å². The molecule has 1 N–H and O–H groups in total. The highest BCUT2D eigenvalue weighted by Crippen LogP contribution is 2.27. The molecule has 18 heavy (non-hydrogen) atoms. The fourth-order valence-corrected chi connectivity index (χ4v) is 3.03. The van der Waals surface area contributed by atoms with E-state index in [0.29, 0.717) is 0 Å². The number of nitrogens with zero attached hydrogens (tertiary/aromatic N) is 1. The van der Waals surface area contributed by atoms with Crippen LogP contribution in [0.1, 0.15) is 51.0 Å². The van der Waals surface area contributed by atoms with Gasteiger partial charge in [-0.25, -0.2) is 0 Å². The topological polar surface area (TPSA) is 24.9 Å². The lowest BCUT2D eigenvalue weighted by molar-refractivity contribution is 0.279. The summed E-state index contributed by atoms with van der Waals surface area (Å²) < 4.78 is 0. The van der Waals surface area contributed by atoms with Gasteiger partial charge in [-0.1, -0.05) is 19.8 Å². The summed E-state index contributed by atoms with van der Waals surface area (Å²) in [6.07, 6.45) is 13.3. The summed E-state index contributed by atoms with van der Waals surface area (Å²) in [6, 6.07) is 4.99. The van der Waals surface area contributed by atoms with Gasteiger partial charge < -0.3 is 5.32 Å². The molecule has 2 rings (SSSR count). The highest BCUT2D eigenvalue weighted by Gasteiger charge is 2.19. The molecular formula is C16H26N2. The quantitative estimate of drug-likeness (QED) is 0.830. The van der Waals surface area contributed by atoms with Gasteiger partial charge in [-0.15, -0.1) is 0 Å². The lowest BCUT2D eigenvalue weighted by Gasteiger charge is -2.29. The summed E-state index contributed by atoms with van der Waals surface area (Å²) in [5, 5.41) is 3.71. The second kappa shape index (κ2) is 7.52. The Morgan fingerprint density at radius 2 is 1.89 bits per heavy atom. The van der Waals surface area contributed by atoms with Gasteiger partial charge in [-0.2, -0.15) is 0 Å². The largest absolute Gasteiger partial charge is 0.314 e. The van der Waals surface area contributed by atoms with Crippen LogP contribution in [-0.2, 0) is 6.42 Å². The van der Waals surface area contributed by atoms with Gasteiger partial charge in [-0.3, -0.25) is 4.98 Å². The van der Waals surface area contributed by atoms with Crippen LogP contribution in [0.5, 0.6) is 0 Å². The third kappa shape index (κ3) is 4.41. The summed E-state index contributed by atoms with van der Waals surface area (Å²) in [5.74, 6) is 1.01. The molecule has 1 aromatic heterocycles. The second-order valence-electron chi connectivity index (χ2n) is 5.57. The minimum Gasteiger partial charge on any atom is -0.314 e. The molecule has 0 unspecified atom stereocenters. The SMILES string of the molecule is CCCC1CCC(NCCc2ccncc2)CC1. The van der Waals surface area contributed by atoms with E-state index >= 15 is 0 Å². The van der Waals surface area contributed by atoms with Gasteiger partial charge in [0.15, 0.2) is 0 Å². The molecule has 0 spiro atoms. The Morgan fingerprint density at radius 1 is 1.17 bits per heavy atom. The Kier molecular flexibility index (Phi) is 5.66. The highest BCUT2D eigenvalue weighted by molar-refractivity contribution is 5.09. The van der Waals surface area contributed by atoms with Crippen LogP contribution < -0.4 is 5.32 Å². The normalized spacial score (nSPS) is 24.1. The van der Waals surface area contributed by atoms with E-state index in [0.717, 1.165) is 24.9 Å². The van der Waals surface area contributed by atoms with E-state index in [2.05, 4.69) is 29.4 Å². The predicted molar refractivity (Wildman–Crippen MR) is 76.6 cm³/mol. The smallest absolute Gasteiger partial charge is 0.0270 e. The second-order valence-corrected chi connectivity index (χ2v) is 5.57. The molecule has 100 valence electrons. The van der Waals surface area contributed by atoms with Gasteiger partial charge in [0.25, 0.3) is 0 Å². The van der Waals surface area contributed by atoms with E-state index in [1.54, 1.807) is 0 Å². The Labute approximate surface area is 111 Å². The summed E-state index contributed by atoms with van der Waals surface area (Å²) in [5.41, 5.74) is 1.39. The minimum absolute atomic E-state index is 0.764. The van der Waals surface area contributed by atoms with Crippen LogP contribution in [0, 0.1) is 5.92 Å². The first-order valence-corrected chi connectivity index (χ1v) is 7.50. The highest BCUT2D eigenvalue weighted by atomic mass is 14.9. The number of pyridine rings is 1. The van der Waals surface area contributed by atoms with Crippen molar-refractivity contribution in [3.8, 4) is 0 Å². The fraction of sp³-hybridized carbons (Fsp3) is 0.688. The standard InChI is InChI=1S/C16H26N2/c1-2-3-14-4-6-16(7-5-14)18-13-10-15-8-11-17-12-9-15/h8-9,11-12,14,16,18H,2-7,10,13H2,1H3. The number of aromatic nitrogens is 1. The van der Waals surface area contributed by atoms with Crippen molar-refractivity contribution < 1.29 is 0 Å². The molecule has 1 aliphatic rings. The molecule has 1 aromatic rings. The molecule has 0 aromatic carbocycles. The van der Waals surface area contributed by atoms with Crippen molar-refractivity contribution >= 4 is 0 Å². The summed E-state index contributed by atoms with van der Waals surface area (Å²) in [7, 11) is 0. The van der Waals surface area contributed by atoms with Gasteiger partial charge >= 0.3 is 0 Å². The van der Waals surface area contributed by atoms with E-state index in [4.69, 9.17) is 0 Å². The van der Waals surface area contributed by atoms with E-state index in [1.807, 2.05) is 12.4 Å². The molecule has 0 amide bonds. The molecular weight excluding hydrogens is 220 g/mol. The molecule has 1 heterocycles.